The van der Waals surface area contributed by atoms with Gasteiger partial charge >= 0.3 is 0 Å². The van der Waals surface area contributed by atoms with Gasteiger partial charge in [-0.05, 0) is 49.4 Å². The molecule has 1 fully saturated rings. The van der Waals surface area contributed by atoms with E-state index in [1.54, 1.807) is 4.68 Å². The van der Waals surface area contributed by atoms with Crippen LogP contribution >= 0.6 is 0 Å². The van der Waals surface area contributed by atoms with E-state index in [1.807, 2.05) is 61.7 Å². The largest absolute Gasteiger partial charge is 0.388 e. The fourth-order valence-corrected chi connectivity index (χ4v) is 3.52. The van der Waals surface area contributed by atoms with Gasteiger partial charge in [0.15, 0.2) is 11.6 Å². The Morgan fingerprint density at radius 1 is 0.962 bits per heavy atom. The predicted octanol–water partition coefficient (Wildman–Crippen LogP) is 2.92. The number of aliphatic hydroxyl groups is 1. The third-order valence-electron chi connectivity index (χ3n) is 5.04. The molecule has 4 rings (SSSR count). The van der Waals surface area contributed by atoms with Crippen molar-refractivity contribution >= 4 is 5.82 Å². The molecule has 1 N–H and O–H groups in total. The first kappa shape index (κ1) is 16.7. The quantitative estimate of drug-likeness (QED) is 0.784. The molecule has 0 amide bonds. The van der Waals surface area contributed by atoms with Gasteiger partial charge in [-0.15, -0.1) is 10.2 Å². The second-order valence-electron chi connectivity index (χ2n) is 6.83. The zero-order chi connectivity index (χ0) is 17.9. The Morgan fingerprint density at radius 2 is 1.65 bits per heavy atom. The molecule has 6 nitrogen and oxygen atoms in total. The first-order chi connectivity index (χ1) is 12.7. The SMILES string of the molecule is Cc1ccn(-c2ccc(N3CCC([C@@H](O)c4ccccc4)CC3)nn2)n1. The minimum absolute atomic E-state index is 0.285. The van der Waals surface area contributed by atoms with E-state index in [2.05, 4.69) is 20.2 Å². The first-order valence-corrected chi connectivity index (χ1v) is 9.05. The highest BCUT2D eigenvalue weighted by atomic mass is 16.3. The normalized spacial score (nSPS) is 16.6. The lowest BCUT2D eigenvalue weighted by atomic mass is 9.87. The Balaban J connectivity index is 1.39. The Hall–Kier alpha value is -2.73. The summed E-state index contributed by atoms with van der Waals surface area (Å²) in [5.74, 6) is 1.88. The highest BCUT2D eigenvalue weighted by molar-refractivity contribution is 5.40. The van der Waals surface area contributed by atoms with Crippen molar-refractivity contribution in [1.82, 2.24) is 20.0 Å². The standard InChI is InChI=1S/C20H23N5O/c1-15-9-14-25(23-15)19-8-7-18(21-22-19)24-12-10-17(11-13-24)20(26)16-5-3-2-4-6-16/h2-9,14,17,20,26H,10-13H2,1H3/t20-/m0/s1. The predicted molar refractivity (Wildman–Crippen MR) is 100 cm³/mol. The summed E-state index contributed by atoms with van der Waals surface area (Å²) >= 11 is 0. The highest BCUT2D eigenvalue weighted by Crippen LogP contribution is 2.31. The number of anilines is 1. The smallest absolute Gasteiger partial charge is 0.175 e. The number of aliphatic hydroxyl groups excluding tert-OH is 1. The van der Waals surface area contributed by atoms with Crippen LogP contribution in [-0.4, -0.2) is 38.2 Å². The third-order valence-corrected chi connectivity index (χ3v) is 5.04. The van der Waals surface area contributed by atoms with Crippen LogP contribution in [0.2, 0.25) is 0 Å². The van der Waals surface area contributed by atoms with Gasteiger partial charge in [-0.25, -0.2) is 4.68 Å². The van der Waals surface area contributed by atoms with Crippen LogP contribution in [0.4, 0.5) is 5.82 Å². The lowest BCUT2D eigenvalue weighted by molar-refractivity contribution is 0.0928. The fraction of sp³-hybridized carbons (Fsp3) is 0.350. The van der Waals surface area contributed by atoms with Gasteiger partial charge in [-0.1, -0.05) is 30.3 Å². The summed E-state index contributed by atoms with van der Waals surface area (Å²) in [6.45, 7) is 3.71. The number of benzene rings is 1. The Kier molecular flexibility index (Phi) is 4.67. The molecule has 2 aromatic heterocycles. The van der Waals surface area contributed by atoms with Gasteiger partial charge in [0.25, 0.3) is 0 Å². The maximum Gasteiger partial charge on any atom is 0.175 e. The molecule has 0 aliphatic carbocycles. The molecule has 1 atom stereocenters. The van der Waals surface area contributed by atoms with Crippen molar-refractivity contribution in [2.45, 2.75) is 25.9 Å². The molecule has 0 radical (unpaired) electrons. The van der Waals surface area contributed by atoms with E-state index in [1.165, 1.54) is 0 Å². The van der Waals surface area contributed by atoms with Gasteiger partial charge in [-0.2, -0.15) is 5.10 Å². The van der Waals surface area contributed by atoms with Crippen molar-refractivity contribution in [3.63, 3.8) is 0 Å². The molecule has 0 spiro atoms. The van der Waals surface area contributed by atoms with Crippen LogP contribution in [0.25, 0.3) is 5.82 Å². The molecular weight excluding hydrogens is 326 g/mol. The summed E-state index contributed by atoms with van der Waals surface area (Å²) in [5, 5.41) is 23.6. The average Bonchev–Trinajstić information content (AvgIpc) is 3.15. The van der Waals surface area contributed by atoms with Crippen molar-refractivity contribution in [2.75, 3.05) is 18.0 Å². The molecule has 134 valence electrons. The minimum Gasteiger partial charge on any atom is -0.388 e. The van der Waals surface area contributed by atoms with Crippen LogP contribution in [-0.2, 0) is 0 Å². The van der Waals surface area contributed by atoms with Gasteiger partial charge in [-0.3, -0.25) is 0 Å². The number of nitrogens with zero attached hydrogens (tertiary/aromatic N) is 5. The van der Waals surface area contributed by atoms with Crippen LogP contribution in [0.15, 0.2) is 54.7 Å². The maximum atomic E-state index is 10.6. The molecule has 3 heterocycles. The zero-order valence-electron chi connectivity index (χ0n) is 14.9. The molecule has 0 saturated carbocycles. The minimum atomic E-state index is -0.394. The molecule has 0 bridgehead atoms. The van der Waals surface area contributed by atoms with Crippen LogP contribution in [0.3, 0.4) is 0 Å². The van der Waals surface area contributed by atoms with Gasteiger partial charge in [0.05, 0.1) is 11.8 Å². The third kappa shape index (κ3) is 3.46. The first-order valence-electron chi connectivity index (χ1n) is 9.05. The van der Waals surface area contributed by atoms with Gasteiger partial charge < -0.3 is 10.0 Å². The average molecular weight is 349 g/mol. The molecule has 1 aromatic carbocycles. The van der Waals surface area contributed by atoms with E-state index in [-0.39, 0.29) is 5.92 Å². The summed E-state index contributed by atoms with van der Waals surface area (Å²) in [4.78, 5) is 2.24. The van der Waals surface area contributed by atoms with E-state index in [9.17, 15) is 5.11 Å². The topological polar surface area (TPSA) is 67.1 Å². The van der Waals surface area contributed by atoms with Crippen LogP contribution in [0.5, 0.6) is 0 Å². The van der Waals surface area contributed by atoms with Gasteiger partial charge in [0.2, 0.25) is 0 Å². The van der Waals surface area contributed by atoms with Gasteiger partial charge in [0, 0.05) is 19.3 Å². The maximum absolute atomic E-state index is 10.6. The molecule has 1 aliphatic heterocycles. The van der Waals surface area contributed by atoms with Crippen LogP contribution in [0, 0.1) is 12.8 Å². The number of hydrogen-bond donors (Lipinski definition) is 1. The van der Waals surface area contributed by atoms with Gasteiger partial charge in [0.1, 0.15) is 0 Å². The number of aryl methyl sites for hydroxylation is 1. The van der Waals surface area contributed by atoms with E-state index in [4.69, 9.17) is 0 Å². The second-order valence-corrected chi connectivity index (χ2v) is 6.83. The lowest BCUT2D eigenvalue weighted by Gasteiger charge is -2.34. The summed E-state index contributed by atoms with van der Waals surface area (Å²) in [6, 6.07) is 15.8. The van der Waals surface area contributed by atoms with E-state index in [0.29, 0.717) is 0 Å². The number of hydrogen-bond acceptors (Lipinski definition) is 5. The van der Waals surface area contributed by atoms with E-state index >= 15 is 0 Å². The summed E-state index contributed by atoms with van der Waals surface area (Å²) in [6.07, 6.45) is 3.38. The Morgan fingerprint density at radius 3 is 2.27 bits per heavy atom. The van der Waals surface area contributed by atoms with E-state index in [0.717, 1.165) is 48.8 Å². The van der Waals surface area contributed by atoms with Crippen molar-refractivity contribution < 1.29 is 5.11 Å². The lowest BCUT2D eigenvalue weighted by Crippen LogP contribution is -2.36. The monoisotopic (exact) mass is 349 g/mol. The van der Waals surface area contributed by atoms with Crippen LogP contribution in [0.1, 0.15) is 30.2 Å². The van der Waals surface area contributed by atoms with Crippen molar-refractivity contribution in [3.05, 3.63) is 66.0 Å². The molecule has 0 unspecified atom stereocenters. The van der Waals surface area contributed by atoms with Crippen molar-refractivity contribution in [2.24, 2.45) is 5.92 Å². The molecule has 26 heavy (non-hydrogen) atoms. The number of aromatic nitrogens is 4. The summed E-state index contributed by atoms with van der Waals surface area (Å²) < 4.78 is 1.73. The van der Waals surface area contributed by atoms with Crippen LogP contribution < -0.4 is 4.90 Å². The second kappa shape index (κ2) is 7.25. The number of piperidine rings is 1. The molecule has 3 aromatic rings. The highest BCUT2D eigenvalue weighted by Gasteiger charge is 2.26. The van der Waals surface area contributed by atoms with Crippen molar-refractivity contribution in [3.8, 4) is 5.82 Å². The molecular formula is C20H23N5O. The molecule has 6 heteroatoms. The number of rotatable bonds is 4. The molecule has 1 aliphatic rings. The Bertz CT molecular complexity index is 838. The summed E-state index contributed by atoms with van der Waals surface area (Å²) in [7, 11) is 0. The summed E-state index contributed by atoms with van der Waals surface area (Å²) in [5.41, 5.74) is 1.96. The van der Waals surface area contributed by atoms with Crippen molar-refractivity contribution in [1.29, 1.82) is 0 Å². The van der Waals surface area contributed by atoms with E-state index < -0.39 is 6.10 Å². The zero-order valence-corrected chi connectivity index (χ0v) is 14.9. The fourth-order valence-electron chi connectivity index (χ4n) is 3.52. The molecule has 1 saturated heterocycles. The Labute approximate surface area is 153 Å².